The topological polar surface area (TPSA) is 100 Å². The van der Waals surface area contributed by atoms with E-state index in [1.807, 2.05) is 13.8 Å². The molecule has 26 heavy (non-hydrogen) atoms. The van der Waals surface area contributed by atoms with Gasteiger partial charge < -0.3 is 10.2 Å². The van der Waals surface area contributed by atoms with E-state index in [0.29, 0.717) is 45.8 Å². The lowest BCUT2D eigenvalue weighted by molar-refractivity contribution is 0.0687. The van der Waals surface area contributed by atoms with Gasteiger partial charge in [-0.1, -0.05) is 13.8 Å². The van der Waals surface area contributed by atoms with Gasteiger partial charge in [-0.15, -0.1) is 0 Å². The predicted octanol–water partition coefficient (Wildman–Crippen LogP) is 3.92. The Balaban J connectivity index is 2.57. The minimum Gasteiger partial charge on any atom is -0.478 e. The number of aryl methyl sites for hydroxylation is 2. The van der Waals surface area contributed by atoms with Gasteiger partial charge in [0.2, 0.25) is 0 Å². The van der Waals surface area contributed by atoms with Crippen LogP contribution in [-0.2, 0) is 12.8 Å². The van der Waals surface area contributed by atoms with Gasteiger partial charge in [-0.25, -0.2) is 9.59 Å². The van der Waals surface area contributed by atoms with E-state index in [-0.39, 0.29) is 11.1 Å². The van der Waals surface area contributed by atoms with Gasteiger partial charge in [0.15, 0.2) is 0 Å². The third-order valence-electron chi connectivity index (χ3n) is 4.88. The molecule has 0 spiro atoms. The number of carboxylic acid groups (broad SMARTS) is 2. The molecule has 3 rings (SSSR count). The van der Waals surface area contributed by atoms with Crippen LogP contribution in [0.4, 0.5) is 0 Å². The number of nitrogens with zero attached hydrogens (tertiary/aromatic N) is 2. The van der Waals surface area contributed by atoms with Gasteiger partial charge in [0.05, 0.1) is 22.2 Å². The fourth-order valence-electron chi connectivity index (χ4n) is 3.55. The molecule has 2 heterocycles. The Morgan fingerprint density at radius 3 is 1.50 bits per heavy atom. The lowest BCUT2D eigenvalue weighted by Gasteiger charge is -2.14. The first-order valence-electron chi connectivity index (χ1n) is 8.53. The van der Waals surface area contributed by atoms with Crippen molar-refractivity contribution >= 4 is 33.7 Å². The molecule has 6 nitrogen and oxygen atoms in total. The summed E-state index contributed by atoms with van der Waals surface area (Å²) in [5.41, 5.74) is 4.03. The molecule has 2 N–H and O–H groups in total. The van der Waals surface area contributed by atoms with Crippen molar-refractivity contribution < 1.29 is 19.8 Å². The first kappa shape index (κ1) is 17.8. The number of aromatic nitrogens is 2. The van der Waals surface area contributed by atoms with E-state index in [9.17, 15) is 19.8 Å². The van der Waals surface area contributed by atoms with Crippen LogP contribution in [0.1, 0.15) is 57.1 Å². The summed E-state index contributed by atoms with van der Waals surface area (Å²) in [6.07, 6.45) is 1.23. The maximum atomic E-state index is 11.9. The minimum absolute atomic E-state index is 0.169. The molecule has 0 aliphatic carbocycles. The first-order valence-corrected chi connectivity index (χ1v) is 8.53. The second-order valence-corrected chi connectivity index (χ2v) is 6.32. The number of hydrogen-bond acceptors (Lipinski definition) is 4. The molecule has 2 aromatic heterocycles. The second-order valence-electron chi connectivity index (χ2n) is 6.32. The maximum absolute atomic E-state index is 11.9. The lowest BCUT2D eigenvalue weighted by atomic mass is 9.95. The van der Waals surface area contributed by atoms with E-state index in [1.165, 1.54) is 0 Å². The molecule has 0 saturated carbocycles. The molecule has 0 unspecified atom stereocenters. The Morgan fingerprint density at radius 2 is 1.19 bits per heavy atom. The third-order valence-corrected chi connectivity index (χ3v) is 4.88. The molecule has 0 aliphatic heterocycles. The highest BCUT2D eigenvalue weighted by atomic mass is 16.4. The SMILES string of the molecule is CCc1nc2cc3nc(CC)c(C)c(C(=O)O)c3cc2c(C(=O)O)c1C. The van der Waals surface area contributed by atoms with Crippen LogP contribution in [-0.4, -0.2) is 32.1 Å². The molecular weight excluding hydrogens is 332 g/mol. The molecule has 1 aromatic carbocycles. The molecule has 3 aromatic rings. The largest absolute Gasteiger partial charge is 0.478 e. The van der Waals surface area contributed by atoms with Gasteiger partial charge >= 0.3 is 11.9 Å². The van der Waals surface area contributed by atoms with Gasteiger partial charge in [-0.3, -0.25) is 9.97 Å². The Morgan fingerprint density at radius 1 is 0.808 bits per heavy atom. The van der Waals surface area contributed by atoms with Crippen molar-refractivity contribution in [3.05, 3.63) is 45.8 Å². The molecule has 0 radical (unpaired) electrons. The van der Waals surface area contributed by atoms with Gasteiger partial charge in [-0.2, -0.15) is 0 Å². The van der Waals surface area contributed by atoms with E-state index in [2.05, 4.69) is 9.97 Å². The molecule has 0 amide bonds. The second kappa shape index (κ2) is 6.37. The number of fused-ring (bicyclic) bond motifs is 2. The minimum atomic E-state index is -1.05. The van der Waals surface area contributed by atoms with Crippen molar-refractivity contribution in [3.8, 4) is 0 Å². The van der Waals surface area contributed by atoms with Crippen LogP contribution in [0.2, 0.25) is 0 Å². The van der Waals surface area contributed by atoms with Crippen LogP contribution in [0, 0.1) is 13.8 Å². The van der Waals surface area contributed by atoms with Crippen LogP contribution in [0.3, 0.4) is 0 Å². The molecule has 0 aliphatic rings. The summed E-state index contributed by atoms with van der Waals surface area (Å²) in [7, 11) is 0. The molecule has 0 atom stereocenters. The first-order chi connectivity index (χ1) is 12.3. The Hall–Kier alpha value is -3.02. The highest BCUT2D eigenvalue weighted by Gasteiger charge is 2.21. The Labute approximate surface area is 150 Å². The highest BCUT2D eigenvalue weighted by Crippen LogP contribution is 2.31. The fraction of sp³-hybridized carbons (Fsp3) is 0.300. The average Bonchev–Trinajstić information content (AvgIpc) is 2.58. The van der Waals surface area contributed by atoms with Crippen LogP contribution in [0.25, 0.3) is 21.8 Å². The molecule has 134 valence electrons. The van der Waals surface area contributed by atoms with Crippen molar-refractivity contribution in [1.82, 2.24) is 9.97 Å². The van der Waals surface area contributed by atoms with Crippen molar-refractivity contribution in [2.75, 3.05) is 0 Å². The molecule has 0 fully saturated rings. The van der Waals surface area contributed by atoms with Gasteiger partial charge in [-0.05, 0) is 49.9 Å². The number of hydrogen-bond donors (Lipinski definition) is 2. The van der Waals surface area contributed by atoms with Gasteiger partial charge in [0.25, 0.3) is 0 Å². The molecule has 0 saturated heterocycles. The van der Waals surface area contributed by atoms with E-state index < -0.39 is 11.9 Å². The van der Waals surface area contributed by atoms with E-state index >= 15 is 0 Å². The smallest absolute Gasteiger partial charge is 0.336 e. The normalized spacial score (nSPS) is 11.2. The lowest BCUT2D eigenvalue weighted by Crippen LogP contribution is -2.09. The van der Waals surface area contributed by atoms with Crippen molar-refractivity contribution in [2.24, 2.45) is 0 Å². The fourth-order valence-corrected chi connectivity index (χ4v) is 3.55. The molecule has 0 bridgehead atoms. The van der Waals surface area contributed by atoms with Gasteiger partial charge in [0, 0.05) is 22.2 Å². The van der Waals surface area contributed by atoms with E-state index in [0.717, 1.165) is 11.4 Å². The Bertz CT molecular complexity index is 1000. The maximum Gasteiger partial charge on any atom is 0.336 e. The highest BCUT2D eigenvalue weighted by molar-refractivity contribution is 6.12. The number of carboxylic acids is 2. The Kier molecular flexibility index (Phi) is 4.36. The summed E-state index contributed by atoms with van der Waals surface area (Å²) in [4.78, 5) is 32.9. The van der Waals surface area contributed by atoms with Crippen LogP contribution in [0.15, 0.2) is 12.1 Å². The number of carbonyl (C=O) groups is 2. The summed E-state index contributed by atoms with van der Waals surface area (Å²) >= 11 is 0. The van der Waals surface area contributed by atoms with Crippen LogP contribution in [0.5, 0.6) is 0 Å². The monoisotopic (exact) mass is 352 g/mol. The summed E-state index contributed by atoms with van der Waals surface area (Å²) in [6, 6.07) is 3.30. The summed E-state index contributed by atoms with van der Waals surface area (Å²) in [6.45, 7) is 7.32. The van der Waals surface area contributed by atoms with Crippen molar-refractivity contribution in [3.63, 3.8) is 0 Å². The number of benzene rings is 1. The van der Waals surface area contributed by atoms with Crippen molar-refractivity contribution in [1.29, 1.82) is 0 Å². The zero-order valence-corrected chi connectivity index (χ0v) is 15.2. The third kappa shape index (κ3) is 2.58. The van der Waals surface area contributed by atoms with Crippen molar-refractivity contribution in [2.45, 2.75) is 40.5 Å². The van der Waals surface area contributed by atoms with Gasteiger partial charge in [0.1, 0.15) is 0 Å². The average molecular weight is 352 g/mol. The zero-order valence-electron chi connectivity index (χ0n) is 15.2. The zero-order chi connectivity index (χ0) is 19.2. The number of aromatic carboxylic acids is 2. The number of pyridine rings is 2. The van der Waals surface area contributed by atoms with E-state index in [1.54, 1.807) is 26.0 Å². The summed E-state index contributed by atoms with van der Waals surface area (Å²) < 4.78 is 0. The molecular formula is C20H20N2O4. The number of rotatable bonds is 4. The predicted molar refractivity (Wildman–Crippen MR) is 99.2 cm³/mol. The standard InChI is InChI=1S/C20H20N2O4/c1-5-13-9(3)17(19(23)24)11-7-12-16(8-15(11)21-13)22-14(6-2)10(4)18(12)20(25)26/h7-8H,5-6H2,1-4H3,(H,23,24)(H,25,26). The summed E-state index contributed by atoms with van der Waals surface area (Å²) in [5, 5.41) is 20.3. The van der Waals surface area contributed by atoms with Crippen LogP contribution < -0.4 is 0 Å². The van der Waals surface area contributed by atoms with E-state index in [4.69, 9.17) is 0 Å². The summed E-state index contributed by atoms with van der Waals surface area (Å²) in [5.74, 6) is -2.09. The quantitative estimate of drug-likeness (QED) is 0.690. The van der Waals surface area contributed by atoms with Crippen LogP contribution >= 0.6 is 0 Å². The molecule has 6 heteroatoms.